The van der Waals surface area contributed by atoms with Gasteiger partial charge in [0, 0.05) is 37.4 Å². The van der Waals surface area contributed by atoms with Crippen LogP contribution < -0.4 is 10.5 Å². The molecule has 1 fully saturated rings. The Morgan fingerprint density at radius 1 is 1.03 bits per heavy atom. The van der Waals surface area contributed by atoms with Gasteiger partial charge in [-0.3, -0.25) is 14.2 Å². The molecule has 0 bridgehead atoms. The van der Waals surface area contributed by atoms with Crippen LogP contribution in [0.3, 0.4) is 0 Å². The maximum atomic E-state index is 12.6. The normalized spacial score (nSPS) is 14.3. The van der Waals surface area contributed by atoms with Crippen LogP contribution in [-0.2, 0) is 11.3 Å². The number of amides is 1. The molecule has 11 heteroatoms. The fourth-order valence-electron chi connectivity index (χ4n) is 3.15. The van der Waals surface area contributed by atoms with E-state index >= 15 is 0 Å². The van der Waals surface area contributed by atoms with Crippen molar-refractivity contribution < 1.29 is 4.79 Å². The van der Waals surface area contributed by atoms with Crippen LogP contribution in [0.2, 0.25) is 0 Å². The lowest BCUT2D eigenvalue weighted by Crippen LogP contribution is -2.50. The Bertz CT molecular complexity index is 1050. The summed E-state index contributed by atoms with van der Waals surface area (Å²) in [6.45, 7) is 5.89. The number of carbonyl (C=O) groups excluding carboxylic acids is 1. The van der Waals surface area contributed by atoms with Gasteiger partial charge in [-0.2, -0.15) is 5.10 Å². The lowest BCUT2D eigenvalue weighted by molar-refractivity contribution is -0.132. The van der Waals surface area contributed by atoms with E-state index in [1.165, 1.54) is 21.9 Å². The number of piperazine rings is 1. The zero-order valence-corrected chi connectivity index (χ0v) is 16.3. The number of anilines is 1. The first-order valence-corrected chi connectivity index (χ1v) is 9.27. The lowest BCUT2D eigenvalue weighted by atomic mass is 10.2. The van der Waals surface area contributed by atoms with E-state index in [9.17, 15) is 9.59 Å². The molecule has 0 spiro atoms. The van der Waals surface area contributed by atoms with Crippen LogP contribution in [0.25, 0.3) is 5.82 Å². The molecule has 11 nitrogen and oxygen atoms in total. The summed E-state index contributed by atoms with van der Waals surface area (Å²) in [7, 11) is 0. The van der Waals surface area contributed by atoms with Crippen molar-refractivity contribution in [1.82, 2.24) is 39.4 Å². The highest BCUT2D eigenvalue weighted by Crippen LogP contribution is 2.14. The highest BCUT2D eigenvalue weighted by molar-refractivity contribution is 5.76. The third kappa shape index (κ3) is 3.84. The summed E-state index contributed by atoms with van der Waals surface area (Å²) in [4.78, 5) is 36.8. The van der Waals surface area contributed by atoms with Crippen molar-refractivity contribution in [3.63, 3.8) is 0 Å². The standard InChI is InChI=1S/C18H21N9O2/c1-13-14(2)20-12-26(18(13)29)9-17(28)25-7-5-24(6-8-25)15-3-4-16(23-22-15)27-11-19-10-21-27/h3-4,10-12H,5-9H2,1-2H3. The molecule has 0 aromatic carbocycles. The summed E-state index contributed by atoms with van der Waals surface area (Å²) in [5.41, 5.74) is 1.08. The number of aromatic nitrogens is 7. The van der Waals surface area contributed by atoms with Crippen molar-refractivity contribution in [2.75, 3.05) is 31.1 Å². The van der Waals surface area contributed by atoms with Crippen LogP contribution in [0, 0.1) is 13.8 Å². The minimum atomic E-state index is -0.174. The van der Waals surface area contributed by atoms with E-state index in [0.29, 0.717) is 43.3 Å². The van der Waals surface area contributed by atoms with Crippen LogP contribution in [0.5, 0.6) is 0 Å². The zero-order chi connectivity index (χ0) is 20.4. The van der Waals surface area contributed by atoms with Crippen molar-refractivity contribution >= 4 is 11.7 Å². The van der Waals surface area contributed by atoms with E-state index in [-0.39, 0.29) is 18.0 Å². The van der Waals surface area contributed by atoms with Gasteiger partial charge in [-0.15, -0.1) is 10.2 Å². The largest absolute Gasteiger partial charge is 0.352 e. The number of nitrogens with zero attached hydrogens (tertiary/aromatic N) is 9. The third-order valence-corrected chi connectivity index (χ3v) is 5.07. The predicted molar refractivity (Wildman–Crippen MR) is 104 cm³/mol. The maximum absolute atomic E-state index is 12.6. The molecule has 0 N–H and O–H groups in total. The summed E-state index contributed by atoms with van der Waals surface area (Å²) in [5.74, 6) is 1.24. The molecule has 0 unspecified atom stereocenters. The first kappa shape index (κ1) is 18.7. The van der Waals surface area contributed by atoms with Gasteiger partial charge >= 0.3 is 0 Å². The Morgan fingerprint density at radius 2 is 1.76 bits per heavy atom. The lowest BCUT2D eigenvalue weighted by Gasteiger charge is -2.35. The second kappa shape index (κ2) is 7.78. The molecule has 1 amide bonds. The summed E-state index contributed by atoms with van der Waals surface area (Å²) >= 11 is 0. The molecule has 0 saturated carbocycles. The second-order valence-corrected chi connectivity index (χ2v) is 6.85. The average molecular weight is 395 g/mol. The fraction of sp³-hybridized carbons (Fsp3) is 0.389. The molecule has 150 valence electrons. The van der Waals surface area contributed by atoms with Gasteiger partial charge in [-0.25, -0.2) is 14.6 Å². The molecule has 1 aliphatic heterocycles. The van der Waals surface area contributed by atoms with Crippen LogP contribution in [-0.4, -0.2) is 71.5 Å². The zero-order valence-electron chi connectivity index (χ0n) is 16.3. The molecule has 0 radical (unpaired) electrons. The van der Waals surface area contributed by atoms with Crippen molar-refractivity contribution in [2.24, 2.45) is 0 Å². The third-order valence-electron chi connectivity index (χ3n) is 5.07. The van der Waals surface area contributed by atoms with Gasteiger partial charge in [0.05, 0.1) is 6.33 Å². The van der Waals surface area contributed by atoms with Gasteiger partial charge < -0.3 is 9.80 Å². The number of rotatable bonds is 4. The van der Waals surface area contributed by atoms with E-state index in [1.807, 2.05) is 12.1 Å². The van der Waals surface area contributed by atoms with E-state index in [2.05, 4.69) is 30.2 Å². The summed E-state index contributed by atoms with van der Waals surface area (Å²) in [6, 6.07) is 3.70. The average Bonchev–Trinajstić information content (AvgIpc) is 3.29. The quantitative estimate of drug-likeness (QED) is 0.585. The number of hydrogen-bond donors (Lipinski definition) is 0. The molecule has 1 aliphatic rings. The van der Waals surface area contributed by atoms with Gasteiger partial charge in [-0.05, 0) is 26.0 Å². The Hall–Kier alpha value is -3.63. The molecule has 29 heavy (non-hydrogen) atoms. The maximum Gasteiger partial charge on any atom is 0.256 e. The van der Waals surface area contributed by atoms with Crippen molar-refractivity contribution in [2.45, 2.75) is 20.4 Å². The Morgan fingerprint density at radius 3 is 2.41 bits per heavy atom. The SMILES string of the molecule is Cc1ncn(CC(=O)N2CCN(c3ccc(-n4cncn4)nn3)CC2)c(=O)c1C. The van der Waals surface area contributed by atoms with Gasteiger partial charge in [-0.1, -0.05) is 0 Å². The van der Waals surface area contributed by atoms with Crippen LogP contribution in [0.1, 0.15) is 11.3 Å². The molecule has 4 heterocycles. The van der Waals surface area contributed by atoms with Crippen LogP contribution >= 0.6 is 0 Å². The van der Waals surface area contributed by atoms with Crippen molar-refractivity contribution in [1.29, 1.82) is 0 Å². The molecular weight excluding hydrogens is 374 g/mol. The molecule has 0 aliphatic carbocycles. The highest BCUT2D eigenvalue weighted by Gasteiger charge is 2.23. The Balaban J connectivity index is 1.36. The predicted octanol–water partition coefficient (Wildman–Crippen LogP) is -0.420. The summed E-state index contributed by atoms with van der Waals surface area (Å²) in [6.07, 6.45) is 4.43. The molecule has 0 atom stereocenters. The summed E-state index contributed by atoms with van der Waals surface area (Å²) < 4.78 is 2.91. The minimum Gasteiger partial charge on any atom is -0.352 e. The van der Waals surface area contributed by atoms with Crippen molar-refractivity contribution in [3.8, 4) is 5.82 Å². The van der Waals surface area contributed by atoms with E-state index in [1.54, 1.807) is 25.1 Å². The van der Waals surface area contributed by atoms with Crippen LogP contribution in [0.4, 0.5) is 5.82 Å². The van der Waals surface area contributed by atoms with E-state index in [0.717, 1.165) is 5.82 Å². The van der Waals surface area contributed by atoms with Gasteiger partial charge in [0.2, 0.25) is 5.91 Å². The number of carbonyl (C=O) groups is 1. The van der Waals surface area contributed by atoms with Crippen molar-refractivity contribution in [3.05, 3.63) is 52.7 Å². The minimum absolute atomic E-state index is 0.000633. The molecular formula is C18H21N9O2. The van der Waals surface area contributed by atoms with E-state index < -0.39 is 0 Å². The van der Waals surface area contributed by atoms with Gasteiger partial charge in [0.1, 0.15) is 19.2 Å². The number of hydrogen-bond acceptors (Lipinski definition) is 8. The molecule has 3 aromatic heterocycles. The summed E-state index contributed by atoms with van der Waals surface area (Å²) in [5, 5.41) is 12.5. The molecule has 4 rings (SSSR count). The first-order valence-electron chi connectivity index (χ1n) is 9.27. The fourth-order valence-corrected chi connectivity index (χ4v) is 3.15. The monoisotopic (exact) mass is 395 g/mol. The first-order chi connectivity index (χ1) is 14.0. The number of aryl methyl sites for hydroxylation is 1. The van der Waals surface area contributed by atoms with Gasteiger partial charge in [0.15, 0.2) is 11.6 Å². The highest BCUT2D eigenvalue weighted by atomic mass is 16.2. The van der Waals surface area contributed by atoms with Crippen LogP contribution in [0.15, 0.2) is 35.9 Å². The molecule has 3 aromatic rings. The van der Waals surface area contributed by atoms with Gasteiger partial charge in [0.25, 0.3) is 5.56 Å². The topological polar surface area (TPSA) is 115 Å². The Kier molecular flexibility index (Phi) is 5.02. The second-order valence-electron chi connectivity index (χ2n) is 6.85. The smallest absolute Gasteiger partial charge is 0.256 e. The van der Waals surface area contributed by atoms with E-state index in [4.69, 9.17) is 0 Å². The molecule has 1 saturated heterocycles. The Labute approximate surface area is 166 Å².